The molecule has 3 aliphatic heterocycles. The second-order valence-electron chi connectivity index (χ2n) is 18.3. The molecule has 17 heteroatoms. The number of H-pyrrole nitrogens is 2. The molecule has 67 heavy (non-hydrogen) atoms. The standard InChI is InChI=1S/C50H58FN9O7/c1-27(2)38(56-49(62)65-6)26-58-17-9-12-40(58)45-52-24-37(54-45)30-13-15-35-41-20-32-18-29(14-16-39(32)60(41)48(67-43(35)21-30)31-10-8-11-34(19-31)64-5)36-23-53-46(55-36)42-22-33(51)25-59(42)47(61)44(28(3)4)57-50(63)66-7/h8,10-11,13-16,18-21,23-24,27-28,33,38,40,42,44,48H,9,12,17,22,25-26H2,1-7H3,(H,52,54)(H,53,55)(H,56,62)(H,57,63). The Balaban J connectivity index is 1.02. The van der Waals surface area contributed by atoms with Crippen molar-refractivity contribution in [2.24, 2.45) is 11.8 Å². The average Bonchev–Trinajstić information content (AvgIpc) is 4.20. The Labute approximate surface area is 388 Å². The fraction of sp³-hybridized carbons (Fsp3) is 0.420. The van der Waals surface area contributed by atoms with Crippen LogP contribution in [0.25, 0.3) is 44.7 Å². The lowest BCUT2D eigenvalue weighted by atomic mass is 10.0. The summed E-state index contributed by atoms with van der Waals surface area (Å²) in [6.45, 7) is 9.32. The van der Waals surface area contributed by atoms with Crippen molar-refractivity contribution in [2.75, 3.05) is 41.0 Å². The van der Waals surface area contributed by atoms with Gasteiger partial charge in [-0.1, -0.05) is 52.0 Å². The van der Waals surface area contributed by atoms with Crippen molar-refractivity contribution in [3.63, 3.8) is 0 Å². The van der Waals surface area contributed by atoms with E-state index in [0.717, 1.165) is 75.5 Å². The summed E-state index contributed by atoms with van der Waals surface area (Å²) in [7, 11) is 4.27. The number of aromatic nitrogens is 5. The molecule has 2 saturated heterocycles. The number of fused-ring (bicyclic) bond motifs is 5. The van der Waals surface area contributed by atoms with Gasteiger partial charge in [-0.2, -0.15) is 0 Å². The van der Waals surface area contributed by atoms with Gasteiger partial charge in [-0.3, -0.25) is 9.69 Å². The molecule has 3 aliphatic rings. The SMILES string of the molecule is COC(=O)NC(CN1CCCC1c1ncc(-c2ccc3c(c2)OC(c2cccc(OC)c2)n2c-3cc3cc(-c4cnc(C5CC(F)CN5C(=O)C(NC(=O)OC)C(C)C)[nH]4)ccc32)[nH]1)C(C)C. The van der Waals surface area contributed by atoms with Crippen molar-refractivity contribution in [3.8, 4) is 45.3 Å². The third-order valence-electron chi connectivity index (χ3n) is 13.4. The molecule has 0 saturated carbocycles. The highest BCUT2D eigenvalue weighted by Crippen LogP contribution is 2.47. The Hall–Kier alpha value is -6.88. The molecule has 3 aromatic carbocycles. The zero-order valence-corrected chi connectivity index (χ0v) is 38.8. The van der Waals surface area contributed by atoms with Crippen LogP contribution in [0.4, 0.5) is 14.0 Å². The number of nitrogens with zero attached hydrogens (tertiary/aromatic N) is 5. The molecular weight excluding hydrogens is 858 g/mol. The first kappa shape index (κ1) is 45.3. The first-order valence-electron chi connectivity index (χ1n) is 22.9. The minimum Gasteiger partial charge on any atom is -0.497 e. The topological polar surface area (TPSA) is 181 Å². The van der Waals surface area contributed by atoms with E-state index in [-0.39, 0.29) is 36.9 Å². The average molecular weight is 916 g/mol. The van der Waals surface area contributed by atoms with Gasteiger partial charge in [-0.25, -0.2) is 23.9 Å². The maximum absolute atomic E-state index is 15.1. The molecule has 4 N–H and O–H groups in total. The van der Waals surface area contributed by atoms with Crippen molar-refractivity contribution < 1.29 is 37.7 Å². The number of halogens is 1. The molecule has 6 unspecified atom stereocenters. The summed E-state index contributed by atoms with van der Waals surface area (Å²) in [5.41, 5.74) is 7.14. The van der Waals surface area contributed by atoms with Gasteiger partial charge in [0.15, 0.2) is 0 Å². The van der Waals surface area contributed by atoms with Gasteiger partial charge in [-0.05, 0) is 73.7 Å². The minimum absolute atomic E-state index is 0.0699. The van der Waals surface area contributed by atoms with Crippen molar-refractivity contribution in [3.05, 3.63) is 96.3 Å². The number of nitrogens with one attached hydrogen (secondary N) is 4. The number of amides is 3. The molecule has 6 heterocycles. The molecule has 0 bridgehead atoms. The number of rotatable bonds is 13. The van der Waals surface area contributed by atoms with Gasteiger partial charge in [0.05, 0.1) is 75.0 Å². The Morgan fingerprint density at radius 3 is 2.25 bits per heavy atom. The molecule has 6 atom stereocenters. The molecule has 2 fully saturated rings. The van der Waals surface area contributed by atoms with E-state index in [4.69, 9.17) is 23.9 Å². The predicted octanol–water partition coefficient (Wildman–Crippen LogP) is 8.55. The summed E-state index contributed by atoms with van der Waals surface area (Å²) in [6, 6.07) is 20.9. The Morgan fingerprint density at radius 1 is 0.851 bits per heavy atom. The van der Waals surface area contributed by atoms with E-state index < -0.39 is 42.6 Å². The number of carbonyl (C=O) groups excluding carboxylic acids is 3. The molecular formula is C50H58FN9O7. The number of likely N-dealkylation sites (tertiary alicyclic amines) is 2. The number of methoxy groups -OCH3 is 3. The van der Waals surface area contributed by atoms with E-state index in [2.05, 4.69) is 85.3 Å². The molecule has 3 amide bonds. The highest BCUT2D eigenvalue weighted by atomic mass is 19.1. The van der Waals surface area contributed by atoms with Crippen molar-refractivity contribution in [1.29, 1.82) is 0 Å². The highest BCUT2D eigenvalue weighted by Gasteiger charge is 2.42. The van der Waals surface area contributed by atoms with Gasteiger partial charge in [0.25, 0.3) is 0 Å². The summed E-state index contributed by atoms with van der Waals surface area (Å²) >= 11 is 0. The van der Waals surface area contributed by atoms with E-state index in [0.29, 0.717) is 23.8 Å². The predicted molar refractivity (Wildman–Crippen MR) is 250 cm³/mol. The van der Waals surface area contributed by atoms with Crippen LogP contribution in [0.2, 0.25) is 0 Å². The molecule has 0 aliphatic carbocycles. The Kier molecular flexibility index (Phi) is 12.7. The summed E-state index contributed by atoms with van der Waals surface area (Å²) in [5, 5.41) is 6.59. The summed E-state index contributed by atoms with van der Waals surface area (Å²) in [5.74, 6) is 2.35. The number of benzene rings is 3. The third kappa shape index (κ3) is 8.91. The maximum Gasteiger partial charge on any atom is 0.407 e. The minimum atomic E-state index is -1.25. The molecule has 0 spiro atoms. The van der Waals surface area contributed by atoms with E-state index in [1.165, 1.54) is 19.1 Å². The summed E-state index contributed by atoms with van der Waals surface area (Å²) < 4.78 is 39.6. The number of carbonyl (C=O) groups is 3. The summed E-state index contributed by atoms with van der Waals surface area (Å²) in [4.78, 5) is 58.4. The number of imidazole rings is 2. The van der Waals surface area contributed by atoms with Crippen LogP contribution in [0.3, 0.4) is 0 Å². The molecule has 352 valence electrons. The largest absolute Gasteiger partial charge is 0.497 e. The van der Waals surface area contributed by atoms with E-state index in [1.807, 2.05) is 50.4 Å². The molecule has 9 rings (SSSR count). The van der Waals surface area contributed by atoms with Gasteiger partial charge in [0, 0.05) is 46.6 Å². The molecule has 3 aromatic heterocycles. The van der Waals surface area contributed by atoms with E-state index >= 15 is 4.39 Å². The fourth-order valence-corrected chi connectivity index (χ4v) is 9.76. The van der Waals surface area contributed by atoms with Crippen LogP contribution < -0.4 is 20.1 Å². The Morgan fingerprint density at radius 2 is 1.55 bits per heavy atom. The number of alkyl carbamates (subject to hydrolysis) is 2. The normalized spacial score (nSPS) is 20.1. The number of alkyl halides is 1. The van der Waals surface area contributed by atoms with Gasteiger partial charge < -0.3 is 49.0 Å². The number of aromatic amines is 2. The lowest BCUT2D eigenvalue weighted by molar-refractivity contribution is -0.135. The van der Waals surface area contributed by atoms with Gasteiger partial charge >= 0.3 is 12.2 Å². The lowest BCUT2D eigenvalue weighted by Gasteiger charge is -2.31. The first-order valence-corrected chi connectivity index (χ1v) is 22.9. The third-order valence-corrected chi connectivity index (χ3v) is 13.4. The van der Waals surface area contributed by atoms with Gasteiger partial charge in [0.1, 0.15) is 35.4 Å². The van der Waals surface area contributed by atoms with Gasteiger partial charge in [-0.15, -0.1) is 0 Å². The second kappa shape index (κ2) is 18.8. The zero-order chi connectivity index (χ0) is 47.1. The highest BCUT2D eigenvalue weighted by molar-refractivity contribution is 5.92. The first-order chi connectivity index (χ1) is 32.3. The van der Waals surface area contributed by atoms with Crippen LogP contribution in [0.1, 0.15) is 82.5 Å². The van der Waals surface area contributed by atoms with Crippen LogP contribution in [-0.2, 0) is 14.3 Å². The van der Waals surface area contributed by atoms with Crippen molar-refractivity contribution in [1.82, 2.24) is 44.9 Å². The monoisotopic (exact) mass is 915 g/mol. The second-order valence-corrected chi connectivity index (χ2v) is 18.3. The molecule has 0 radical (unpaired) electrons. The quantitative estimate of drug-likeness (QED) is 0.0877. The van der Waals surface area contributed by atoms with Crippen LogP contribution >= 0.6 is 0 Å². The number of hydrogen-bond donors (Lipinski definition) is 4. The Bertz CT molecular complexity index is 2780. The lowest BCUT2D eigenvalue weighted by Crippen LogP contribution is -2.51. The van der Waals surface area contributed by atoms with Crippen LogP contribution in [0.5, 0.6) is 11.5 Å². The van der Waals surface area contributed by atoms with Crippen molar-refractivity contribution in [2.45, 2.75) is 83.5 Å². The maximum atomic E-state index is 15.1. The van der Waals surface area contributed by atoms with E-state index in [1.54, 1.807) is 13.3 Å². The van der Waals surface area contributed by atoms with Crippen LogP contribution in [0.15, 0.2) is 79.1 Å². The molecule has 16 nitrogen and oxygen atoms in total. The van der Waals surface area contributed by atoms with Gasteiger partial charge in [0.2, 0.25) is 12.1 Å². The smallest absolute Gasteiger partial charge is 0.407 e. The molecule has 6 aromatic rings. The fourth-order valence-electron chi connectivity index (χ4n) is 9.76. The summed E-state index contributed by atoms with van der Waals surface area (Å²) in [6.07, 6.45) is 2.72. The van der Waals surface area contributed by atoms with E-state index in [9.17, 15) is 14.4 Å². The van der Waals surface area contributed by atoms with Crippen molar-refractivity contribution >= 4 is 29.0 Å². The van der Waals surface area contributed by atoms with Crippen LogP contribution in [-0.4, -0.2) is 112 Å². The zero-order valence-electron chi connectivity index (χ0n) is 38.8. The van der Waals surface area contributed by atoms with Crippen LogP contribution in [0, 0.1) is 11.8 Å². The number of hydrogen-bond acceptors (Lipinski definition) is 10. The number of ether oxygens (including phenoxy) is 4.